The Morgan fingerprint density at radius 1 is 1.43 bits per heavy atom. The summed E-state index contributed by atoms with van der Waals surface area (Å²) in [7, 11) is -3.28. The molecule has 1 aliphatic rings. The zero-order chi connectivity index (χ0) is 10.4. The van der Waals surface area contributed by atoms with Crippen LogP contribution in [-0.4, -0.2) is 36.9 Å². The molecule has 1 atom stereocenters. The highest BCUT2D eigenvalue weighted by Gasteiger charge is 2.21. The summed E-state index contributed by atoms with van der Waals surface area (Å²) in [6, 6.07) is 0. The third kappa shape index (κ3) is 4.91. The predicted molar refractivity (Wildman–Crippen MR) is 63.4 cm³/mol. The second kappa shape index (κ2) is 6.25. The maximum Gasteiger partial charge on any atom is 0.268 e. The van der Waals surface area contributed by atoms with Gasteiger partial charge < -0.3 is 0 Å². The second-order valence-electron chi connectivity index (χ2n) is 3.09. The van der Waals surface area contributed by atoms with E-state index in [0.717, 1.165) is 23.7 Å². The quantitative estimate of drug-likeness (QED) is 0.703. The van der Waals surface area contributed by atoms with Crippen molar-refractivity contribution in [1.82, 2.24) is 0 Å². The lowest BCUT2D eigenvalue weighted by molar-refractivity contribution is 0.312. The van der Waals surface area contributed by atoms with Crippen LogP contribution in [0.2, 0.25) is 0 Å². The van der Waals surface area contributed by atoms with Gasteiger partial charge in [-0.25, -0.2) is 0 Å². The Hall–Kier alpha value is 0.610. The third-order valence-corrected chi connectivity index (χ3v) is 5.80. The van der Waals surface area contributed by atoms with Crippen molar-refractivity contribution in [1.29, 1.82) is 0 Å². The number of hydrogen-bond acceptors (Lipinski definition) is 5. The van der Waals surface area contributed by atoms with E-state index in [9.17, 15) is 8.42 Å². The highest BCUT2D eigenvalue weighted by Crippen LogP contribution is 2.26. The van der Waals surface area contributed by atoms with Crippen molar-refractivity contribution < 1.29 is 12.6 Å². The van der Waals surface area contributed by atoms with E-state index in [2.05, 4.69) is 0 Å². The molecule has 1 rings (SSSR count). The van der Waals surface area contributed by atoms with Crippen LogP contribution in [0.5, 0.6) is 0 Å². The van der Waals surface area contributed by atoms with Gasteiger partial charge in [0, 0.05) is 17.3 Å². The lowest BCUT2D eigenvalue weighted by atomic mass is 10.4. The zero-order valence-electron chi connectivity index (χ0n) is 8.27. The molecular weight excluding hydrogens is 240 g/mol. The first-order valence-electron chi connectivity index (χ1n) is 4.74. The smallest absolute Gasteiger partial charge is 0.255 e. The number of unbranched alkanes of at least 4 members (excludes halogenated alkanes) is 1. The third-order valence-electron chi connectivity index (χ3n) is 1.79. The SMILES string of the molecule is CCCCS(=O)(=O)OC1CSCCS1. The molecule has 0 bridgehead atoms. The lowest BCUT2D eigenvalue weighted by Crippen LogP contribution is -2.23. The summed E-state index contributed by atoms with van der Waals surface area (Å²) in [6.07, 6.45) is 1.57. The summed E-state index contributed by atoms with van der Waals surface area (Å²) in [6.45, 7) is 1.97. The van der Waals surface area contributed by atoms with Gasteiger partial charge in [0.2, 0.25) is 0 Å². The average molecular weight is 256 g/mol. The minimum absolute atomic E-state index is 0.157. The van der Waals surface area contributed by atoms with Gasteiger partial charge in [-0.05, 0) is 6.42 Å². The van der Waals surface area contributed by atoms with Crippen LogP contribution in [0.1, 0.15) is 19.8 Å². The van der Waals surface area contributed by atoms with E-state index in [1.54, 1.807) is 23.5 Å². The first-order valence-corrected chi connectivity index (χ1v) is 8.52. The van der Waals surface area contributed by atoms with Crippen molar-refractivity contribution >= 4 is 33.6 Å². The summed E-state index contributed by atoms with van der Waals surface area (Å²) in [5, 5.41) is 0. The fraction of sp³-hybridized carbons (Fsp3) is 1.00. The van der Waals surface area contributed by atoms with Gasteiger partial charge in [0.25, 0.3) is 10.1 Å². The Kier molecular flexibility index (Phi) is 5.66. The maximum atomic E-state index is 11.4. The van der Waals surface area contributed by atoms with Gasteiger partial charge in [-0.1, -0.05) is 13.3 Å². The van der Waals surface area contributed by atoms with E-state index >= 15 is 0 Å². The van der Waals surface area contributed by atoms with Crippen molar-refractivity contribution in [3.63, 3.8) is 0 Å². The van der Waals surface area contributed by atoms with E-state index in [4.69, 9.17) is 4.18 Å². The van der Waals surface area contributed by atoms with Crippen molar-refractivity contribution in [3.8, 4) is 0 Å². The van der Waals surface area contributed by atoms with E-state index in [0.29, 0.717) is 6.42 Å². The molecule has 84 valence electrons. The highest BCUT2D eigenvalue weighted by atomic mass is 32.2. The van der Waals surface area contributed by atoms with Crippen LogP contribution in [0.15, 0.2) is 0 Å². The molecule has 0 aliphatic carbocycles. The molecule has 0 aromatic heterocycles. The normalized spacial score (nSPS) is 23.6. The highest BCUT2D eigenvalue weighted by molar-refractivity contribution is 8.06. The van der Waals surface area contributed by atoms with E-state index in [-0.39, 0.29) is 11.2 Å². The molecule has 0 spiro atoms. The van der Waals surface area contributed by atoms with Crippen molar-refractivity contribution in [3.05, 3.63) is 0 Å². The Balaban J connectivity index is 2.33. The number of hydrogen-bond donors (Lipinski definition) is 0. The van der Waals surface area contributed by atoms with E-state index in [1.807, 2.05) is 6.92 Å². The van der Waals surface area contributed by atoms with Gasteiger partial charge >= 0.3 is 0 Å². The van der Waals surface area contributed by atoms with E-state index in [1.165, 1.54) is 0 Å². The van der Waals surface area contributed by atoms with Crippen LogP contribution in [0.3, 0.4) is 0 Å². The molecule has 1 unspecified atom stereocenters. The molecule has 0 radical (unpaired) electrons. The second-order valence-corrected chi connectivity index (χ2v) is 7.22. The minimum atomic E-state index is -3.28. The molecule has 0 N–H and O–H groups in total. The van der Waals surface area contributed by atoms with Crippen LogP contribution in [-0.2, 0) is 14.3 Å². The Morgan fingerprint density at radius 2 is 2.21 bits per heavy atom. The van der Waals surface area contributed by atoms with Crippen LogP contribution in [0.25, 0.3) is 0 Å². The minimum Gasteiger partial charge on any atom is -0.255 e. The van der Waals surface area contributed by atoms with Crippen LogP contribution in [0, 0.1) is 0 Å². The lowest BCUT2D eigenvalue weighted by Gasteiger charge is -2.20. The summed E-state index contributed by atoms with van der Waals surface area (Å²) in [5.74, 6) is 3.03. The number of thioether (sulfide) groups is 2. The number of rotatable bonds is 5. The summed E-state index contributed by atoms with van der Waals surface area (Å²) in [5.41, 5.74) is -0.157. The van der Waals surface area contributed by atoms with Gasteiger partial charge in [0.05, 0.1) is 5.75 Å². The molecule has 1 saturated heterocycles. The van der Waals surface area contributed by atoms with Gasteiger partial charge in [0.1, 0.15) is 5.44 Å². The first-order chi connectivity index (χ1) is 6.64. The van der Waals surface area contributed by atoms with Crippen LogP contribution >= 0.6 is 23.5 Å². The molecule has 6 heteroatoms. The van der Waals surface area contributed by atoms with Gasteiger partial charge in [-0.3, -0.25) is 4.18 Å². The summed E-state index contributed by atoms with van der Waals surface area (Å²) < 4.78 is 27.9. The zero-order valence-corrected chi connectivity index (χ0v) is 10.7. The van der Waals surface area contributed by atoms with Gasteiger partial charge in [0.15, 0.2) is 0 Å². The molecule has 0 amide bonds. The molecule has 0 aromatic carbocycles. The van der Waals surface area contributed by atoms with Crippen molar-refractivity contribution in [2.75, 3.05) is 23.0 Å². The van der Waals surface area contributed by atoms with Gasteiger partial charge in [-0.15, -0.1) is 11.8 Å². The van der Waals surface area contributed by atoms with Crippen LogP contribution in [0.4, 0.5) is 0 Å². The monoisotopic (exact) mass is 256 g/mol. The Bertz CT molecular complexity index is 245. The fourth-order valence-corrected chi connectivity index (χ4v) is 5.08. The van der Waals surface area contributed by atoms with Gasteiger partial charge in [-0.2, -0.15) is 20.2 Å². The van der Waals surface area contributed by atoms with E-state index < -0.39 is 10.1 Å². The molecule has 0 aromatic rings. The molecule has 1 fully saturated rings. The topological polar surface area (TPSA) is 43.4 Å². The average Bonchev–Trinajstić information content (AvgIpc) is 2.16. The first kappa shape index (κ1) is 12.7. The van der Waals surface area contributed by atoms with Crippen molar-refractivity contribution in [2.45, 2.75) is 25.2 Å². The molecule has 3 nitrogen and oxygen atoms in total. The fourth-order valence-electron chi connectivity index (χ4n) is 1.05. The summed E-state index contributed by atoms with van der Waals surface area (Å²) in [4.78, 5) is 0. The summed E-state index contributed by atoms with van der Waals surface area (Å²) >= 11 is 3.36. The Morgan fingerprint density at radius 3 is 2.79 bits per heavy atom. The van der Waals surface area contributed by atoms with Crippen molar-refractivity contribution in [2.24, 2.45) is 0 Å². The standard InChI is InChI=1S/C8H16O3S3/c1-2-3-6-14(9,10)11-8-7-12-4-5-13-8/h8H,2-7H2,1H3. The molecule has 0 saturated carbocycles. The predicted octanol–water partition coefficient (Wildman–Crippen LogP) is 1.94. The molecular formula is C8H16O3S3. The maximum absolute atomic E-state index is 11.4. The largest absolute Gasteiger partial charge is 0.268 e. The Labute approximate surface area is 94.5 Å². The molecule has 1 heterocycles. The molecule has 1 aliphatic heterocycles. The molecule has 14 heavy (non-hydrogen) atoms. The van der Waals surface area contributed by atoms with Crippen LogP contribution < -0.4 is 0 Å².